The van der Waals surface area contributed by atoms with Crippen molar-refractivity contribution in [1.29, 1.82) is 0 Å². The molecule has 2 rings (SSSR count). The number of hydrogen-bond acceptors (Lipinski definition) is 2. The molecule has 1 heterocycles. The predicted octanol–water partition coefficient (Wildman–Crippen LogP) is 3.01. The summed E-state index contributed by atoms with van der Waals surface area (Å²) in [4.78, 5) is 2.75. The molecule has 2 N–H and O–H groups in total. The lowest BCUT2D eigenvalue weighted by Gasteiger charge is -2.38. The number of likely N-dealkylation sites (tertiary alicyclic amines) is 1. The summed E-state index contributed by atoms with van der Waals surface area (Å²) in [5.74, 6) is 1.73. The van der Waals surface area contributed by atoms with Crippen LogP contribution in [0.2, 0.25) is 0 Å². The van der Waals surface area contributed by atoms with Crippen molar-refractivity contribution < 1.29 is 0 Å². The standard InChI is InChI=1S/C15H30N2/c1-4-6-7-8-15(3,5-2)17-10-12-9-14(16)13(12)11-17/h12-14H,4-11,16H2,1-3H3. The van der Waals surface area contributed by atoms with E-state index in [1.807, 2.05) is 0 Å². The van der Waals surface area contributed by atoms with Crippen molar-refractivity contribution >= 4 is 0 Å². The van der Waals surface area contributed by atoms with Crippen molar-refractivity contribution in [2.75, 3.05) is 13.1 Å². The van der Waals surface area contributed by atoms with Crippen LogP contribution in [0.1, 0.15) is 59.3 Å². The summed E-state index contributed by atoms with van der Waals surface area (Å²) in [6, 6.07) is 0.502. The second-order valence-electron chi connectivity index (χ2n) is 6.54. The molecule has 2 heteroatoms. The minimum atomic E-state index is 0.437. The normalized spacial score (nSPS) is 36.4. The van der Waals surface area contributed by atoms with E-state index in [-0.39, 0.29) is 0 Å². The van der Waals surface area contributed by atoms with E-state index >= 15 is 0 Å². The average molecular weight is 238 g/mol. The number of fused-ring (bicyclic) bond motifs is 1. The van der Waals surface area contributed by atoms with E-state index in [1.54, 1.807) is 0 Å². The zero-order valence-electron chi connectivity index (χ0n) is 11.9. The van der Waals surface area contributed by atoms with Gasteiger partial charge in [-0.1, -0.05) is 33.1 Å². The van der Waals surface area contributed by atoms with Gasteiger partial charge in [0.05, 0.1) is 0 Å². The molecule has 100 valence electrons. The molecule has 2 fully saturated rings. The van der Waals surface area contributed by atoms with E-state index in [1.165, 1.54) is 51.6 Å². The SMILES string of the molecule is CCCCCC(C)(CC)N1CC2CC(N)C2C1. The quantitative estimate of drug-likeness (QED) is 0.721. The number of unbranched alkanes of at least 4 members (excludes halogenated alkanes) is 2. The van der Waals surface area contributed by atoms with Gasteiger partial charge < -0.3 is 5.73 Å². The summed E-state index contributed by atoms with van der Waals surface area (Å²) in [6.45, 7) is 9.70. The maximum atomic E-state index is 6.11. The Balaban J connectivity index is 1.89. The highest BCUT2D eigenvalue weighted by atomic mass is 15.2. The van der Waals surface area contributed by atoms with E-state index in [9.17, 15) is 0 Å². The van der Waals surface area contributed by atoms with Crippen LogP contribution in [-0.2, 0) is 0 Å². The van der Waals surface area contributed by atoms with Crippen LogP contribution in [0.15, 0.2) is 0 Å². The van der Waals surface area contributed by atoms with E-state index in [2.05, 4.69) is 25.7 Å². The molecule has 0 spiro atoms. The first kappa shape index (κ1) is 13.4. The molecule has 0 aromatic rings. The minimum absolute atomic E-state index is 0.437. The Labute approximate surface area is 107 Å². The van der Waals surface area contributed by atoms with Crippen LogP contribution >= 0.6 is 0 Å². The highest BCUT2D eigenvalue weighted by Crippen LogP contribution is 2.43. The summed E-state index contributed by atoms with van der Waals surface area (Å²) in [5, 5.41) is 0. The lowest BCUT2D eigenvalue weighted by Crippen LogP contribution is -2.47. The van der Waals surface area contributed by atoms with Gasteiger partial charge in [-0.3, -0.25) is 4.90 Å². The van der Waals surface area contributed by atoms with Gasteiger partial charge >= 0.3 is 0 Å². The summed E-state index contributed by atoms with van der Waals surface area (Å²) < 4.78 is 0. The fourth-order valence-electron chi connectivity index (χ4n) is 3.71. The van der Waals surface area contributed by atoms with Gasteiger partial charge in [-0.15, -0.1) is 0 Å². The molecule has 4 unspecified atom stereocenters. The van der Waals surface area contributed by atoms with Crippen LogP contribution in [0.3, 0.4) is 0 Å². The fourth-order valence-corrected chi connectivity index (χ4v) is 3.71. The van der Waals surface area contributed by atoms with E-state index < -0.39 is 0 Å². The second kappa shape index (κ2) is 5.27. The molecular weight excluding hydrogens is 208 g/mol. The Morgan fingerprint density at radius 2 is 2.00 bits per heavy atom. The highest BCUT2D eigenvalue weighted by Gasteiger charge is 2.48. The third kappa shape index (κ3) is 2.53. The first-order valence-corrected chi connectivity index (χ1v) is 7.61. The smallest absolute Gasteiger partial charge is 0.0179 e. The summed E-state index contributed by atoms with van der Waals surface area (Å²) in [7, 11) is 0. The summed E-state index contributed by atoms with van der Waals surface area (Å²) >= 11 is 0. The van der Waals surface area contributed by atoms with Crippen LogP contribution < -0.4 is 5.73 Å². The minimum Gasteiger partial charge on any atom is -0.327 e. The number of nitrogens with zero attached hydrogens (tertiary/aromatic N) is 1. The first-order chi connectivity index (χ1) is 8.10. The maximum absolute atomic E-state index is 6.11. The molecule has 17 heavy (non-hydrogen) atoms. The molecule has 0 aromatic carbocycles. The second-order valence-corrected chi connectivity index (χ2v) is 6.54. The molecule has 1 aliphatic carbocycles. The van der Waals surface area contributed by atoms with E-state index in [0.29, 0.717) is 11.6 Å². The zero-order chi connectivity index (χ0) is 12.5. The van der Waals surface area contributed by atoms with Gasteiger partial charge in [-0.2, -0.15) is 0 Å². The van der Waals surface area contributed by atoms with Gasteiger partial charge in [0, 0.05) is 24.7 Å². The lowest BCUT2D eigenvalue weighted by molar-refractivity contribution is 0.111. The van der Waals surface area contributed by atoms with Gasteiger partial charge in [0.15, 0.2) is 0 Å². The van der Waals surface area contributed by atoms with Crippen LogP contribution in [-0.4, -0.2) is 29.6 Å². The number of nitrogens with two attached hydrogens (primary N) is 1. The van der Waals surface area contributed by atoms with Crippen molar-refractivity contribution in [2.24, 2.45) is 17.6 Å². The molecule has 1 saturated heterocycles. The molecule has 0 radical (unpaired) electrons. The molecule has 2 nitrogen and oxygen atoms in total. The van der Waals surface area contributed by atoms with Crippen molar-refractivity contribution in [3.63, 3.8) is 0 Å². The zero-order valence-corrected chi connectivity index (χ0v) is 11.9. The summed E-state index contributed by atoms with van der Waals surface area (Å²) in [6.07, 6.45) is 8.03. The predicted molar refractivity (Wildman–Crippen MR) is 74.0 cm³/mol. The van der Waals surface area contributed by atoms with Crippen LogP contribution in [0, 0.1) is 11.8 Å². The Morgan fingerprint density at radius 3 is 2.53 bits per heavy atom. The number of rotatable bonds is 6. The molecule has 2 aliphatic rings. The largest absolute Gasteiger partial charge is 0.327 e. The first-order valence-electron chi connectivity index (χ1n) is 7.61. The Bertz CT molecular complexity index is 253. The number of hydrogen-bond donors (Lipinski definition) is 1. The lowest BCUT2D eigenvalue weighted by atomic mass is 9.72. The highest BCUT2D eigenvalue weighted by molar-refractivity contribution is 5.03. The fraction of sp³-hybridized carbons (Fsp3) is 1.00. The topological polar surface area (TPSA) is 29.3 Å². The maximum Gasteiger partial charge on any atom is 0.0179 e. The van der Waals surface area contributed by atoms with Gasteiger partial charge in [0.1, 0.15) is 0 Å². The Morgan fingerprint density at radius 1 is 1.24 bits per heavy atom. The molecule has 1 aliphatic heterocycles. The molecule has 0 bridgehead atoms. The van der Waals surface area contributed by atoms with Gasteiger partial charge in [-0.25, -0.2) is 0 Å². The van der Waals surface area contributed by atoms with Gasteiger partial charge in [0.2, 0.25) is 0 Å². The third-order valence-corrected chi connectivity index (χ3v) is 5.46. The summed E-state index contributed by atoms with van der Waals surface area (Å²) in [5.41, 5.74) is 6.54. The Hall–Kier alpha value is -0.0800. The van der Waals surface area contributed by atoms with E-state index in [0.717, 1.165) is 11.8 Å². The van der Waals surface area contributed by atoms with E-state index in [4.69, 9.17) is 5.73 Å². The molecule has 4 atom stereocenters. The van der Waals surface area contributed by atoms with Crippen molar-refractivity contribution in [1.82, 2.24) is 4.90 Å². The Kier molecular flexibility index (Phi) is 4.14. The van der Waals surface area contributed by atoms with Crippen molar-refractivity contribution in [2.45, 2.75) is 70.9 Å². The molecule has 1 saturated carbocycles. The van der Waals surface area contributed by atoms with Gasteiger partial charge in [-0.05, 0) is 38.0 Å². The van der Waals surface area contributed by atoms with Gasteiger partial charge in [0.25, 0.3) is 0 Å². The average Bonchev–Trinajstić information content (AvgIpc) is 2.67. The van der Waals surface area contributed by atoms with Crippen molar-refractivity contribution in [3.05, 3.63) is 0 Å². The van der Waals surface area contributed by atoms with Crippen LogP contribution in [0.5, 0.6) is 0 Å². The van der Waals surface area contributed by atoms with Crippen LogP contribution in [0.4, 0.5) is 0 Å². The monoisotopic (exact) mass is 238 g/mol. The third-order valence-electron chi connectivity index (χ3n) is 5.46. The van der Waals surface area contributed by atoms with Crippen LogP contribution in [0.25, 0.3) is 0 Å². The molecular formula is C15H30N2. The molecule has 0 amide bonds. The van der Waals surface area contributed by atoms with Crippen molar-refractivity contribution in [3.8, 4) is 0 Å². The molecule has 0 aromatic heterocycles.